The van der Waals surface area contributed by atoms with Crippen LogP contribution in [-0.4, -0.2) is 18.7 Å². The van der Waals surface area contributed by atoms with E-state index in [1.165, 1.54) is 6.08 Å². The van der Waals surface area contributed by atoms with Crippen molar-refractivity contribution in [2.75, 3.05) is 7.11 Å². The molecular formula is C17H24O3. The summed E-state index contributed by atoms with van der Waals surface area (Å²) in [6.07, 6.45) is 3.22. The van der Waals surface area contributed by atoms with E-state index in [-0.39, 0.29) is 5.97 Å². The van der Waals surface area contributed by atoms with Gasteiger partial charge in [0.1, 0.15) is 11.4 Å². The molecule has 3 heteroatoms. The first-order valence-electron chi connectivity index (χ1n) is 6.82. The van der Waals surface area contributed by atoms with Gasteiger partial charge < -0.3 is 9.47 Å². The van der Waals surface area contributed by atoms with Crippen molar-refractivity contribution in [3.63, 3.8) is 0 Å². The third-order valence-electron chi connectivity index (χ3n) is 2.73. The summed E-state index contributed by atoms with van der Waals surface area (Å²) in [5.74, 6) is 0.762. The minimum absolute atomic E-state index is 0.349. The zero-order valence-corrected chi connectivity index (χ0v) is 13.2. The Morgan fingerprint density at radius 2 is 1.90 bits per heavy atom. The smallest absolute Gasteiger partial charge is 0.331 e. The van der Waals surface area contributed by atoms with Crippen LogP contribution in [0.3, 0.4) is 0 Å². The Bertz CT molecular complexity index is 493. The third-order valence-corrected chi connectivity index (χ3v) is 2.73. The maximum atomic E-state index is 11.8. The zero-order valence-electron chi connectivity index (χ0n) is 13.2. The molecule has 20 heavy (non-hydrogen) atoms. The van der Waals surface area contributed by atoms with E-state index in [1.807, 2.05) is 39.0 Å². The van der Waals surface area contributed by atoms with E-state index in [4.69, 9.17) is 9.47 Å². The number of hydrogen-bond acceptors (Lipinski definition) is 3. The van der Waals surface area contributed by atoms with Crippen molar-refractivity contribution >= 4 is 12.0 Å². The van der Waals surface area contributed by atoms with Gasteiger partial charge in [0.2, 0.25) is 0 Å². The van der Waals surface area contributed by atoms with Crippen molar-refractivity contribution in [2.45, 2.75) is 46.1 Å². The molecule has 3 nitrogen and oxygen atoms in total. The Kier molecular flexibility index (Phi) is 5.37. The molecule has 110 valence electrons. The highest BCUT2D eigenvalue weighted by atomic mass is 16.6. The fourth-order valence-electron chi connectivity index (χ4n) is 1.91. The largest absolute Gasteiger partial charge is 0.496 e. The van der Waals surface area contributed by atoms with Gasteiger partial charge in [-0.3, -0.25) is 0 Å². The summed E-state index contributed by atoms with van der Waals surface area (Å²) >= 11 is 0. The van der Waals surface area contributed by atoms with Crippen molar-refractivity contribution in [2.24, 2.45) is 0 Å². The van der Waals surface area contributed by atoms with E-state index >= 15 is 0 Å². The van der Waals surface area contributed by atoms with Crippen LogP contribution in [0.2, 0.25) is 0 Å². The van der Waals surface area contributed by atoms with Crippen LogP contribution >= 0.6 is 0 Å². The number of benzene rings is 1. The van der Waals surface area contributed by atoms with E-state index < -0.39 is 5.60 Å². The van der Waals surface area contributed by atoms with Crippen LogP contribution < -0.4 is 4.74 Å². The van der Waals surface area contributed by atoms with Crippen molar-refractivity contribution in [3.05, 3.63) is 35.4 Å². The van der Waals surface area contributed by atoms with Gasteiger partial charge >= 0.3 is 5.97 Å². The number of carbonyl (C=O) groups is 1. The van der Waals surface area contributed by atoms with Gasteiger partial charge in [-0.15, -0.1) is 0 Å². The highest BCUT2D eigenvalue weighted by Crippen LogP contribution is 2.29. The normalized spacial score (nSPS) is 11.9. The summed E-state index contributed by atoms with van der Waals surface area (Å²) in [7, 11) is 1.63. The van der Waals surface area contributed by atoms with Crippen molar-refractivity contribution in [1.29, 1.82) is 0 Å². The monoisotopic (exact) mass is 276 g/mol. The van der Waals surface area contributed by atoms with Gasteiger partial charge in [-0.2, -0.15) is 0 Å². The average Bonchev–Trinajstić information content (AvgIpc) is 2.33. The molecule has 0 saturated heterocycles. The van der Waals surface area contributed by atoms with E-state index in [2.05, 4.69) is 13.8 Å². The van der Waals surface area contributed by atoms with Crippen molar-refractivity contribution < 1.29 is 14.3 Å². The van der Waals surface area contributed by atoms with Gasteiger partial charge in [0.05, 0.1) is 7.11 Å². The maximum absolute atomic E-state index is 11.8. The van der Waals surface area contributed by atoms with E-state index in [9.17, 15) is 4.79 Å². The fourth-order valence-corrected chi connectivity index (χ4v) is 1.91. The highest BCUT2D eigenvalue weighted by Gasteiger charge is 2.15. The quantitative estimate of drug-likeness (QED) is 0.611. The molecule has 0 spiro atoms. The van der Waals surface area contributed by atoms with Crippen LogP contribution in [-0.2, 0) is 9.53 Å². The number of esters is 1. The minimum Gasteiger partial charge on any atom is -0.496 e. The Morgan fingerprint density at radius 3 is 2.40 bits per heavy atom. The Morgan fingerprint density at radius 1 is 1.25 bits per heavy atom. The molecule has 0 atom stereocenters. The van der Waals surface area contributed by atoms with Gasteiger partial charge in [-0.25, -0.2) is 4.79 Å². The number of ether oxygens (including phenoxy) is 2. The molecule has 0 saturated carbocycles. The molecule has 0 aromatic heterocycles. The van der Waals surface area contributed by atoms with Gasteiger partial charge in [0, 0.05) is 11.6 Å². The molecule has 0 aliphatic rings. The van der Waals surface area contributed by atoms with Crippen LogP contribution in [0.25, 0.3) is 6.08 Å². The molecule has 1 aromatic rings. The van der Waals surface area contributed by atoms with E-state index in [0.717, 1.165) is 16.9 Å². The lowest BCUT2D eigenvalue weighted by Gasteiger charge is -2.18. The molecule has 0 heterocycles. The molecule has 0 N–H and O–H groups in total. The average molecular weight is 276 g/mol. The van der Waals surface area contributed by atoms with E-state index in [0.29, 0.717) is 5.92 Å². The van der Waals surface area contributed by atoms with E-state index in [1.54, 1.807) is 13.2 Å². The lowest BCUT2D eigenvalue weighted by molar-refractivity contribution is -0.148. The van der Waals surface area contributed by atoms with Crippen LogP contribution in [0.4, 0.5) is 0 Å². The molecule has 0 bridgehead atoms. The van der Waals surface area contributed by atoms with Crippen LogP contribution in [0.5, 0.6) is 5.75 Å². The van der Waals surface area contributed by atoms with Crippen LogP contribution in [0, 0.1) is 0 Å². The molecular weight excluding hydrogens is 252 g/mol. The molecule has 1 rings (SSSR count). The maximum Gasteiger partial charge on any atom is 0.331 e. The Hall–Kier alpha value is -1.77. The van der Waals surface area contributed by atoms with Gasteiger partial charge in [-0.1, -0.05) is 26.0 Å². The van der Waals surface area contributed by atoms with Gasteiger partial charge in [0.25, 0.3) is 0 Å². The summed E-state index contributed by atoms with van der Waals surface area (Å²) in [5.41, 5.74) is 1.59. The molecule has 0 aliphatic heterocycles. The summed E-state index contributed by atoms with van der Waals surface area (Å²) in [5, 5.41) is 0. The summed E-state index contributed by atoms with van der Waals surface area (Å²) in [6, 6.07) is 5.89. The first-order valence-corrected chi connectivity index (χ1v) is 6.82. The highest BCUT2D eigenvalue weighted by molar-refractivity contribution is 5.88. The van der Waals surface area contributed by atoms with Crippen molar-refractivity contribution in [3.8, 4) is 5.75 Å². The van der Waals surface area contributed by atoms with Crippen molar-refractivity contribution in [1.82, 2.24) is 0 Å². The summed E-state index contributed by atoms with van der Waals surface area (Å²) in [4.78, 5) is 11.8. The number of rotatable bonds is 4. The lowest BCUT2D eigenvalue weighted by Crippen LogP contribution is -2.22. The number of methoxy groups -OCH3 is 1. The van der Waals surface area contributed by atoms with Crippen LogP contribution in [0.1, 0.15) is 51.7 Å². The third kappa shape index (κ3) is 4.72. The zero-order chi connectivity index (χ0) is 15.3. The summed E-state index contributed by atoms with van der Waals surface area (Å²) < 4.78 is 10.6. The molecule has 0 fully saturated rings. The second-order valence-corrected chi connectivity index (χ2v) is 5.98. The molecule has 0 unspecified atom stereocenters. The molecule has 0 radical (unpaired) electrons. The fraction of sp³-hybridized carbons (Fsp3) is 0.471. The second-order valence-electron chi connectivity index (χ2n) is 5.98. The number of hydrogen-bond donors (Lipinski definition) is 0. The minimum atomic E-state index is -0.483. The standard InChI is InChI=1S/C17H24O3/c1-12(2)13-8-7-9-15(19-6)14(13)10-11-16(18)20-17(3,4)5/h7-12H,1-6H3/b11-10+. The first-order chi connectivity index (χ1) is 9.24. The number of carbonyl (C=O) groups excluding carboxylic acids is 1. The predicted octanol–water partition coefficient (Wildman–Crippen LogP) is 4.17. The lowest BCUT2D eigenvalue weighted by atomic mass is 9.96. The topological polar surface area (TPSA) is 35.5 Å². The summed E-state index contributed by atoms with van der Waals surface area (Å²) in [6.45, 7) is 9.77. The predicted molar refractivity (Wildman–Crippen MR) is 82.0 cm³/mol. The second kappa shape index (κ2) is 6.60. The van der Waals surface area contributed by atoms with Gasteiger partial charge in [0.15, 0.2) is 0 Å². The molecule has 0 amide bonds. The SMILES string of the molecule is COc1cccc(C(C)C)c1/C=C/C(=O)OC(C)(C)C. The Balaban J connectivity index is 3.04. The Labute approximate surface area is 121 Å². The first kappa shape index (κ1) is 16.3. The molecule has 1 aromatic carbocycles. The van der Waals surface area contributed by atoms with Gasteiger partial charge in [-0.05, 0) is 44.4 Å². The van der Waals surface area contributed by atoms with Crippen LogP contribution in [0.15, 0.2) is 24.3 Å². The molecule has 0 aliphatic carbocycles.